The number of hydrogen-bond acceptors (Lipinski definition) is 6. The first kappa shape index (κ1) is 14.9. The van der Waals surface area contributed by atoms with E-state index in [1.54, 1.807) is 12.3 Å². The second-order valence-electron chi connectivity index (χ2n) is 4.11. The van der Waals surface area contributed by atoms with Crippen molar-refractivity contribution >= 4 is 28.3 Å². The molecule has 0 bridgehead atoms. The smallest absolute Gasteiger partial charge is 0.277 e. The van der Waals surface area contributed by atoms with Gasteiger partial charge in [-0.3, -0.25) is 19.7 Å². The van der Waals surface area contributed by atoms with E-state index in [1.165, 1.54) is 28.2 Å². The van der Waals surface area contributed by atoms with E-state index in [9.17, 15) is 14.4 Å². The zero-order valence-corrected chi connectivity index (χ0v) is 12.0. The molecule has 0 aliphatic carbocycles. The molecule has 8 nitrogen and oxygen atoms in total. The van der Waals surface area contributed by atoms with Crippen LogP contribution in [-0.2, 0) is 17.8 Å². The monoisotopic (exact) mass is 307 g/mol. The van der Waals surface area contributed by atoms with E-state index in [-0.39, 0.29) is 17.7 Å². The number of aromatic nitrogens is 3. The fourth-order valence-electron chi connectivity index (χ4n) is 1.58. The van der Waals surface area contributed by atoms with Crippen molar-refractivity contribution in [2.24, 2.45) is 5.73 Å². The van der Waals surface area contributed by atoms with Gasteiger partial charge in [0, 0.05) is 18.0 Å². The largest absolute Gasteiger partial charge is 0.369 e. The van der Waals surface area contributed by atoms with Crippen molar-refractivity contribution in [2.45, 2.75) is 19.9 Å². The number of hydrogen-bond donors (Lipinski definition) is 2. The summed E-state index contributed by atoms with van der Waals surface area (Å²) in [5.41, 5.74) is 5.41. The highest BCUT2D eigenvalue weighted by Gasteiger charge is 2.12. The van der Waals surface area contributed by atoms with Crippen LogP contribution >= 0.6 is 11.3 Å². The lowest BCUT2D eigenvalue weighted by Crippen LogP contribution is -2.25. The van der Waals surface area contributed by atoms with Crippen LogP contribution in [0.15, 0.2) is 22.3 Å². The minimum absolute atomic E-state index is 0.0192. The number of primary amides is 1. The number of nitrogens with one attached hydrogen (secondary N) is 1. The van der Waals surface area contributed by atoms with Crippen LogP contribution in [0.5, 0.6) is 0 Å². The third kappa shape index (κ3) is 3.72. The first-order chi connectivity index (χ1) is 9.99. The Morgan fingerprint density at radius 2 is 2.19 bits per heavy atom. The van der Waals surface area contributed by atoms with Gasteiger partial charge in [-0.1, -0.05) is 0 Å². The molecule has 21 heavy (non-hydrogen) atoms. The third-order valence-corrected chi connectivity index (χ3v) is 3.33. The number of carbonyl (C=O) groups is 2. The Hall–Kier alpha value is -2.55. The molecule has 2 aromatic heterocycles. The number of nitrogens with zero attached hydrogens (tertiary/aromatic N) is 3. The minimum Gasteiger partial charge on any atom is -0.369 e. The number of amides is 2. The van der Waals surface area contributed by atoms with Crippen molar-refractivity contribution in [2.75, 3.05) is 5.32 Å². The maximum Gasteiger partial charge on any atom is 0.277 e. The second kappa shape index (κ2) is 6.27. The lowest BCUT2D eigenvalue weighted by molar-refractivity contribution is -0.117. The highest BCUT2D eigenvalue weighted by Crippen LogP contribution is 2.16. The van der Waals surface area contributed by atoms with Crippen molar-refractivity contribution in [3.8, 4) is 0 Å². The lowest BCUT2D eigenvalue weighted by Gasteiger charge is -2.04. The van der Waals surface area contributed by atoms with Crippen molar-refractivity contribution in [1.29, 1.82) is 0 Å². The predicted molar refractivity (Wildman–Crippen MR) is 77.1 cm³/mol. The molecule has 2 heterocycles. The Labute approximate surface area is 123 Å². The molecule has 0 spiro atoms. The van der Waals surface area contributed by atoms with Gasteiger partial charge >= 0.3 is 0 Å². The molecule has 0 saturated carbocycles. The summed E-state index contributed by atoms with van der Waals surface area (Å²) < 4.78 is 1.19. The highest BCUT2D eigenvalue weighted by molar-refractivity contribution is 7.14. The van der Waals surface area contributed by atoms with Crippen LogP contribution in [0.1, 0.15) is 23.1 Å². The zero-order chi connectivity index (χ0) is 15.4. The van der Waals surface area contributed by atoms with Gasteiger partial charge < -0.3 is 5.73 Å². The Bertz CT molecular complexity index is 736. The molecule has 0 radical (unpaired) electrons. The molecule has 0 atom stereocenters. The molecule has 2 aromatic rings. The maximum absolute atomic E-state index is 12.0. The van der Waals surface area contributed by atoms with Crippen molar-refractivity contribution in [3.63, 3.8) is 0 Å². The summed E-state index contributed by atoms with van der Waals surface area (Å²) >= 11 is 1.18. The van der Waals surface area contributed by atoms with Crippen molar-refractivity contribution < 1.29 is 9.59 Å². The molecule has 3 N–H and O–H groups in total. The standard InChI is InChI=1S/C12H13N5O3S/c1-2-17-10(19)4-3-8(16-17)11(20)15-12-14-7(6-21-12)5-9(13)18/h3-4,6H,2,5H2,1H3,(H2,13,18)(H,14,15,20). The fraction of sp³-hybridized carbons (Fsp3) is 0.250. The second-order valence-corrected chi connectivity index (χ2v) is 4.97. The fourth-order valence-corrected chi connectivity index (χ4v) is 2.29. The van der Waals surface area contributed by atoms with Crippen LogP contribution in [0.25, 0.3) is 0 Å². The SMILES string of the molecule is CCn1nc(C(=O)Nc2nc(CC(N)=O)cs2)ccc1=O. The van der Waals surface area contributed by atoms with E-state index >= 15 is 0 Å². The topological polar surface area (TPSA) is 120 Å². The number of nitrogens with two attached hydrogens (primary N) is 1. The average molecular weight is 307 g/mol. The normalized spacial score (nSPS) is 10.3. The first-order valence-electron chi connectivity index (χ1n) is 6.12. The summed E-state index contributed by atoms with van der Waals surface area (Å²) in [5, 5.41) is 8.48. The molecule has 2 rings (SSSR count). The van der Waals surface area contributed by atoms with E-state index in [0.29, 0.717) is 17.4 Å². The molecule has 110 valence electrons. The molecule has 2 amide bonds. The molecular weight excluding hydrogens is 294 g/mol. The van der Waals surface area contributed by atoms with Gasteiger partial charge in [0.15, 0.2) is 5.13 Å². The van der Waals surface area contributed by atoms with Crippen LogP contribution in [0.4, 0.5) is 5.13 Å². The van der Waals surface area contributed by atoms with Gasteiger partial charge in [0.1, 0.15) is 5.69 Å². The molecule has 0 saturated heterocycles. The third-order valence-electron chi connectivity index (χ3n) is 2.53. The molecular formula is C12H13N5O3S. The van der Waals surface area contributed by atoms with E-state index in [1.807, 2.05) is 0 Å². The molecule has 0 aliphatic rings. The molecule has 0 unspecified atom stereocenters. The van der Waals surface area contributed by atoms with Crippen LogP contribution in [0, 0.1) is 0 Å². The Morgan fingerprint density at radius 1 is 1.43 bits per heavy atom. The van der Waals surface area contributed by atoms with Crippen LogP contribution in [-0.4, -0.2) is 26.6 Å². The van der Waals surface area contributed by atoms with Crippen LogP contribution in [0.3, 0.4) is 0 Å². The lowest BCUT2D eigenvalue weighted by atomic mass is 10.3. The van der Waals surface area contributed by atoms with Gasteiger partial charge in [-0.05, 0) is 13.0 Å². The van der Waals surface area contributed by atoms with Gasteiger partial charge in [-0.2, -0.15) is 5.10 Å². The Balaban J connectivity index is 2.12. The number of carbonyl (C=O) groups excluding carboxylic acids is 2. The number of thiazole rings is 1. The summed E-state index contributed by atoms with van der Waals surface area (Å²) in [4.78, 5) is 38.3. The van der Waals surface area contributed by atoms with Gasteiger partial charge in [-0.25, -0.2) is 9.67 Å². The minimum atomic E-state index is -0.491. The van der Waals surface area contributed by atoms with Crippen LogP contribution < -0.4 is 16.6 Å². The number of anilines is 1. The van der Waals surface area contributed by atoms with Crippen LogP contribution in [0.2, 0.25) is 0 Å². The summed E-state index contributed by atoms with van der Waals surface area (Å²) in [5.74, 6) is -0.966. The summed E-state index contributed by atoms with van der Waals surface area (Å²) in [6.07, 6.45) is 0.0192. The van der Waals surface area contributed by atoms with E-state index in [4.69, 9.17) is 5.73 Å². The van der Waals surface area contributed by atoms with Crippen molar-refractivity contribution in [3.05, 3.63) is 39.3 Å². The molecule has 0 aromatic carbocycles. The number of rotatable bonds is 5. The molecule has 9 heteroatoms. The van der Waals surface area contributed by atoms with Gasteiger partial charge in [-0.15, -0.1) is 11.3 Å². The van der Waals surface area contributed by atoms with E-state index in [0.717, 1.165) is 0 Å². The van der Waals surface area contributed by atoms with Gasteiger partial charge in [0.2, 0.25) is 5.91 Å². The van der Waals surface area contributed by atoms with E-state index in [2.05, 4.69) is 15.4 Å². The Morgan fingerprint density at radius 3 is 2.86 bits per heavy atom. The quantitative estimate of drug-likeness (QED) is 0.805. The summed E-state index contributed by atoms with van der Waals surface area (Å²) in [6.45, 7) is 2.13. The van der Waals surface area contributed by atoms with Crippen molar-refractivity contribution in [1.82, 2.24) is 14.8 Å². The van der Waals surface area contributed by atoms with Gasteiger partial charge in [0.25, 0.3) is 11.5 Å². The molecule has 0 aliphatic heterocycles. The number of aryl methyl sites for hydroxylation is 1. The highest BCUT2D eigenvalue weighted by atomic mass is 32.1. The van der Waals surface area contributed by atoms with Gasteiger partial charge in [0.05, 0.1) is 12.1 Å². The maximum atomic E-state index is 12.0. The Kier molecular flexibility index (Phi) is 4.43. The predicted octanol–water partition coefficient (Wildman–Crippen LogP) is -0.000200. The summed E-state index contributed by atoms with van der Waals surface area (Å²) in [7, 11) is 0. The average Bonchev–Trinajstić information content (AvgIpc) is 2.85. The van der Waals surface area contributed by atoms with E-state index < -0.39 is 11.8 Å². The molecule has 0 fully saturated rings. The zero-order valence-electron chi connectivity index (χ0n) is 11.2. The summed E-state index contributed by atoms with van der Waals surface area (Å²) in [6, 6.07) is 2.63. The first-order valence-corrected chi connectivity index (χ1v) is 6.99.